The van der Waals surface area contributed by atoms with Crippen LogP contribution in [0.3, 0.4) is 0 Å². The Kier molecular flexibility index (Phi) is 12.0. The summed E-state index contributed by atoms with van der Waals surface area (Å²) in [6.07, 6.45) is -2.23. The van der Waals surface area contributed by atoms with Gasteiger partial charge in [0.1, 0.15) is 17.3 Å². The molecule has 234 valence electrons. The first-order chi connectivity index (χ1) is 21.2. The van der Waals surface area contributed by atoms with Gasteiger partial charge in [-0.15, -0.1) is 13.2 Å². The number of alkyl halides is 3. The second kappa shape index (κ2) is 15.9. The first-order valence-corrected chi connectivity index (χ1v) is 16.0. The van der Waals surface area contributed by atoms with Gasteiger partial charge in [-0.1, -0.05) is 78.2 Å². The molecule has 0 amide bonds. The van der Waals surface area contributed by atoms with E-state index < -0.39 is 12.2 Å². The number of hydrogen-bond acceptors (Lipinski definition) is 4. The van der Waals surface area contributed by atoms with Crippen molar-refractivity contribution in [3.8, 4) is 11.5 Å². The number of halogens is 4. The molecule has 0 spiro atoms. The topological polar surface area (TPSA) is 41.9 Å². The fourth-order valence-electron chi connectivity index (χ4n) is 5.08. The van der Waals surface area contributed by atoms with Gasteiger partial charge in [-0.3, -0.25) is 4.90 Å². The van der Waals surface area contributed by atoms with Gasteiger partial charge in [-0.2, -0.15) is 10.5 Å². The number of hydrogen-bond donors (Lipinski definition) is 1. The minimum absolute atomic E-state index is 0.0170. The van der Waals surface area contributed by atoms with E-state index in [1.165, 1.54) is 18.2 Å². The molecule has 4 aromatic carbocycles. The lowest BCUT2D eigenvalue weighted by molar-refractivity contribution is -0.274. The molecule has 0 aromatic heterocycles. The monoisotopic (exact) mass is 627 g/mol. The van der Waals surface area contributed by atoms with Crippen LogP contribution in [0.15, 0.2) is 102 Å². The molecule has 0 aliphatic heterocycles. The maximum Gasteiger partial charge on any atom is 0.573 e. The van der Waals surface area contributed by atoms with Crippen LogP contribution in [0.25, 0.3) is 0 Å². The maximum absolute atomic E-state index is 14.8. The van der Waals surface area contributed by atoms with Crippen molar-refractivity contribution in [3.05, 3.63) is 125 Å². The fraction of sp³-hybridized carbons (Fsp3) is 0.286. The molecular formula is C35H37F4NO3S. The highest BCUT2D eigenvalue weighted by molar-refractivity contribution is 8.14. The predicted molar refractivity (Wildman–Crippen MR) is 169 cm³/mol. The molecule has 0 saturated carbocycles. The summed E-state index contributed by atoms with van der Waals surface area (Å²) in [5.74, 6) is -0.351. The molecule has 1 unspecified atom stereocenters. The van der Waals surface area contributed by atoms with Crippen molar-refractivity contribution in [2.24, 2.45) is 0 Å². The van der Waals surface area contributed by atoms with Gasteiger partial charge in [0, 0.05) is 42.1 Å². The van der Waals surface area contributed by atoms with Gasteiger partial charge in [0.2, 0.25) is 0 Å². The van der Waals surface area contributed by atoms with Gasteiger partial charge >= 0.3 is 6.36 Å². The summed E-state index contributed by atoms with van der Waals surface area (Å²) in [5, 5.41) is 11.6. The van der Waals surface area contributed by atoms with Crippen LogP contribution >= 0.6 is 10.5 Å². The molecule has 9 heteroatoms. The van der Waals surface area contributed by atoms with E-state index in [1.54, 1.807) is 18.2 Å². The summed E-state index contributed by atoms with van der Waals surface area (Å²) in [6, 6.07) is 29.3. The summed E-state index contributed by atoms with van der Waals surface area (Å²) < 4.78 is 63.6. The van der Waals surface area contributed by atoms with E-state index >= 15 is 0 Å². The molecule has 0 aliphatic rings. The average molecular weight is 628 g/mol. The molecule has 0 fully saturated rings. The van der Waals surface area contributed by atoms with Gasteiger partial charge in [-0.25, -0.2) is 4.39 Å². The summed E-state index contributed by atoms with van der Waals surface area (Å²) in [7, 11) is -0.355. The van der Waals surface area contributed by atoms with E-state index in [1.807, 2.05) is 54.9 Å². The van der Waals surface area contributed by atoms with Crippen LogP contribution in [0.2, 0.25) is 0 Å². The van der Waals surface area contributed by atoms with Crippen molar-refractivity contribution in [1.29, 1.82) is 0 Å². The van der Waals surface area contributed by atoms with E-state index in [2.05, 4.69) is 33.9 Å². The predicted octanol–water partition coefficient (Wildman–Crippen LogP) is 8.40. The van der Waals surface area contributed by atoms with Crippen LogP contribution < -0.4 is 9.47 Å². The average Bonchev–Trinajstić information content (AvgIpc) is 3.01. The Labute approximate surface area is 258 Å². The Hall–Kier alpha value is -3.66. The van der Waals surface area contributed by atoms with Crippen molar-refractivity contribution >= 4 is 15.9 Å². The van der Waals surface area contributed by atoms with Crippen molar-refractivity contribution in [1.82, 2.24) is 4.90 Å². The van der Waals surface area contributed by atoms with E-state index in [0.29, 0.717) is 48.9 Å². The van der Waals surface area contributed by atoms with E-state index in [-0.39, 0.29) is 34.3 Å². The zero-order valence-corrected chi connectivity index (χ0v) is 25.6. The third-order valence-corrected chi connectivity index (χ3v) is 9.02. The molecule has 0 radical (unpaired) electrons. The second-order valence-corrected chi connectivity index (χ2v) is 12.4. The Bertz CT molecular complexity index is 1470. The summed E-state index contributed by atoms with van der Waals surface area (Å²) >= 11 is 0. The van der Waals surface area contributed by atoms with E-state index in [0.717, 1.165) is 11.1 Å². The Morgan fingerprint density at radius 2 is 1.55 bits per heavy atom. The molecule has 0 aliphatic carbocycles. The van der Waals surface area contributed by atoms with Gasteiger partial charge in [0.25, 0.3) is 0 Å². The van der Waals surface area contributed by atoms with Gasteiger partial charge < -0.3 is 14.6 Å². The Balaban J connectivity index is 1.54. The molecular weight excluding hydrogens is 590 g/mol. The zero-order chi connectivity index (χ0) is 31.5. The normalized spacial score (nSPS) is 12.6. The largest absolute Gasteiger partial charge is 0.573 e. The number of aliphatic hydroxyl groups excluding tert-OH is 1. The highest BCUT2D eigenvalue weighted by atomic mass is 32.2. The van der Waals surface area contributed by atoms with Crippen LogP contribution in [0, 0.1) is 5.82 Å². The van der Waals surface area contributed by atoms with Crippen LogP contribution in [-0.4, -0.2) is 47.7 Å². The molecule has 0 bridgehead atoms. The lowest BCUT2D eigenvalue weighted by Gasteiger charge is -2.29. The first-order valence-electron chi connectivity index (χ1n) is 14.3. The van der Waals surface area contributed by atoms with Crippen LogP contribution in [0.5, 0.6) is 11.5 Å². The maximum atomic E-state index is 14.8. The molecule has 4 nitrogen and oxygen atoms in total. The Morgan fingerprint density at radius 1 is 0.886 bits per heavy atom. The number of nitrogens with zero attached hydrogens (tertiary/aromatic N) is 1. The molecule has 0 heterocycles. The van der Waals surface area contributed by atoms with Gasteiger partial charge in [-0.05, 0) is 54.5 Å². The third-order valence-electron chi connectivity index (χ3n) is 7.26. The minimum atomic E-state index is -4.77. The van der Waals surface area contributed by atoms with Crippen LogP contribution in [0.1, 0.15) is 41.5 Å². The highest BCUT2D eigenvalue weighted by Crippen LogP contribution is 2.33. The lowest BCUT2D eigenvalue weighted by Crippen LogP contribution is -2.31. The first kappa shape index (κ1) is 33.2. The summed E-state index contributed by atoms with van der Waals surface area (Å²) in [4.78, 5) is 2.90. The quantitative estimate of drug-likeness (QED) is 0.0866. The van der Waals surface area contributed by atoms with Crippen molar-refractivity contribution in [3.63, 3.8) is 0 Å². The molecule has 4 aromatic rings. The van der Waals surface area contributed by atoms with E-state index in [4.69, 9.17) is 4.74 Å². The molecule has 44 heavy (non-hydrogen) atoms. The molecule has 1 N–H and O–H groups in total. The number of benzene rings is 4. The van der Waals surface area contributed by atoms with Crippen molar-refractivity contribution < 1.29 is 32.1 Å². The standard InChI is InChI=1S/C35H37F4NO3S/c1-3-44(2)34-22-30(21-33(36)32(34)25-41)42-19-11-18-40(23-26-12-10-17-29(20-26)43-35(37,38)39)24-31(27-13-6-4-7-14-27)28-15-8-5-9-16-28/h3-10,12-17,20-22,31,41H,11,18-19,23-25H2,1-2H3. The third kappa shape index (κ3) is 9.67. The van der Waals surface area contributed by atoms with Gasteiger partial charge in [0.05, 0.1) is 13.2 Å². The van der Waals surface area contributed by atoms with Crippen molar-refractivity contribution in [2.75, 3.05) is 26.0 Å². The van der Waals surface area contributed by atoms with Gasteiger partial charge in [0.15, 0.2) is 0 Å². The molecule has 0 saturated heterocycles. The number of aliphatic hydroxyl groups is 1. The molecule has 4 rings (SSSR count). The second-order valence-electron chi connectivity index (χ2n) is 10.3. The number of rotatable bonds is 14. The minimum Gasteiger partial charge on any atom is -0.493 e. The van der Waals surface area contributed by atoms with E-state index in [9.17, 15) is 22.7 Å². The zero-order valence-electron chi connectivity index (χ0n) is 24.8. The summed E-state index contributed by atoms with van der Waals surface area (Å²) in [6.45, 7) is 3.38. The highest BCUT2D eigenvalue weighted by Gasteiger charge is 2.31. The van der Waals surface area contributed by atoms with Crippen molar-refractivity contribution in [2.45, 2.75) is 43.7 Å². The smallest absolute Gasteiger partial charge is 0.493 e. The molecule has 1 atom stereocenters. The lowest BCUT2D eigenvalue weighted by atomic mass is 9.90. The Morgan fingerprint density at radius 3 is 2.14 bits per heavy atom. The SMILES string of the molecule is C/C=S(/C)c1cc(OCCCN(Cc2cccc(OC(F)(F)F)c2)CC(c2ccccc2)c2ccccc2)cc(F)c1CO. The fourth-order valence-corrected chi connectivity index (χ4v) is 6.19. The number of ether oxygens (including phenoxy) is 2. The van der Waals surface area contributed by atoms with Crippen LogP contribution in [-0.2, 0) is 13.2 Å². The van der Waals surface area contributed by atoms with Crippen LogP contribution in [0.4, 0.5) is 17.6 Å². The summed E-state index contributed by atoms with van der Waals surface area (Å²) in [5.41, 5.74) is 3.22.